The van der Waals surface area contributed by atoms with Crippen LogP contribution in [-0.4, -0.2) is 61.6 Å². The Morgan fingerprint density at radius 3 is 2.80 bits per heavy atom. The Kier molecular flexibility index (Phi) is 5.44. The third-order valence-electron chi connectivity index (χ3n) is 5.86. The molecule has 2 heterocycles. The summed E-state index contributed by atoms with van der Waals surface area (Å²) < 4.78 is 6.58. The van der Waals surface area contributed by atoms with Crippen LogP contribution in [0.25, 0.3) is 0 Å². The van der Waals surface area contributed by atoms with Crippen LogP contribution in [0.15, 0.2) is 28.7 Å². The molecule has 1 aliphatic carbocycles. The summed E-state index contributed by atoms with van der Waals surface area (Å²) in [6.07, 6.45) is 3.40. The second kappa shape index (κ2) is 7.77. The van der Waals surface area contributed by atoms with Gasteiger partial charge in [-0.3, -0.25) is 9.69 Å². The fourth-order valence-electron chi connectivity index (χ4n) is 4.39. The Balaban J connectivity index is 1.32. The van der Waals surface area contributed by atoms with Crippen LogP contribution in [0, 0.1) is 11.8 Å². The SMILES string of the molecule is O=C(C1CC1c1ccccc1Br)N1CCCC(CN2CCOCC2)C1. The molecule has 4 rings (SSSR count). The quantitative estimate of drug-likeness (QED) is 0.769. The largest absolute Gasteiger partial charge is 0.379 e. The number of likely N-dealkylation sites (tertiary alicyclic amines) is 1. The molecule has 136 valence electrons. The second-order valence-electron chi connectivity index (χ2n) is 7.68. The molecule has 3 unspecified atom stereocenters. The van der Waals surface area contributed by atoms with E-state index in [0.717, 1.165) is 63.3 Å². The lowest BCUT2D eigenvalue weighted by Gasteiger charge is -2.37. The molecule has 0 bridgehead atoms. The topological polar surface area (TPSA) is 32.8 Å². The van der Waals surface area contributed by atoms with Gasteiger partial charge in [-0.15, -0.1) is 0 Å². The first-order valence-electron chi connectivity index (χ1n) is 9.55. The van der Waals surface area contributed by atoms with Crippen molar-refractivity contribution in [3.05, 3.63) is 34.3 Å². The molecule has 2 saturated heterocycles. The van der Waals surface area contributed by atoms with Gasteiger partial charge in [-0.1, -0.05) is 34.1 Å². The molecule has 5 heteroatoms. The molecule has 0 radical (unpaired) electrons. The Hall–Kier alpha value is -0.910. The molecule has 3 aliphatic rings. The van der Waals surface area contributed by atoms with Crippen molar-refractivity contribution in [3.63, 3.8) is 0 Å². The van der Waals surface area contributed by atoms with Gasteiger partial charge in [-0.25, -0.2) is 0 Å². The maximum Gasteiger partial charge on any atom is 0.226 e. The lowest BCUT2D eigenvalue weighted by molar-refractivity contribution is -0.134. The predicted octanol–water partition coefficient (Wildman–Crippen LogP) is 3.12. The van der Waals surface area contributed by atoms with E-state index in [1.54, 1.807) is 0 Å². The van der Waals surface area contributed by atoms with Gasteiger partial charge in [0.15, 0.2) is 0 Å². The molecular weight excluding hydrogens is 380 g/mol. The fraction of sp³-hybridized carbons (Fsp3) is 0.650. The molecule has 1 saturated carbocycles. The van der Waals surface area contributed by atoms with Crippen molar-refractivity contribution >= 4 is 21.8 Å². The van der Waals surface area contributed by atoms with Gasteiger partial charge in [0.05, 0.1) is 13.2 Å². The van der Waals surface area contributed by atoms with Gasteiger partial charge in [0.25, 0.3) is 0 Å². The Labute approximate surface area is 158 Å². The molecule has 0 aromatic heterocycles. The second-order valence-corrected chi connectivity index (χ2v) is 8.53. The van der Waals surface area contributed by atoms with Crippen LogP contribution in [0.4, 0.5) is 0 Å². The number of nitrogens with zero attached hydrogens (tertiary/aromatic N) is 2. The van der Waals surface area contributed by atoms with Crippen LogP contribution in [0.2, 0.25) is 0 Å². The lowest BCUT2D eigenvalue weighted by Crippen LogP contribution is -2.46. The number of amides is 1. The van der Waals surface area contributed by atoms with Gasteiger partial charge in [0.1, 0.15) is 0 Å². The Bertz CT molecular complexity index is 617. The summed E-state index contributed by atoms with van der Waals surface area (Å²) in [7, 11) is 0. The molecular formula is C20H27BrN2O2. The molecule has 4 nitrogen and oxygen atoms in total. The number of morpholine rings is 1. The molecule has 1 amide bonds. The summed E-state index contributed by atoms with van der Waals surface area (Å²) in [6.45, 7) is 6.78. The lowest BCUT2D eigenvalue weighted by atomic mass is 9.96. The van der Waals surface area contributed by atoms with Crippen molar-refractivity contribution in [1.29, 1.82) is 0 Å². The van der Waals surface area contributed by atoms with E-state index in [0.29, 0.717) is 17.7 Å². The first-order valence-corrected chi connectivity index (χ1v) is 10.3. The van der Waals surface area contributed by atoms with Crippen LogP contribution in [0.3, 0.4) is 0 Å². The molecule has 0 spiro atoms. The summed E-state index contributed by atoms with van der Waals surface area (Å²) in [5, 5.41) is 0. The van der Waals surface area contributed by atoms with Crippen LogP contribution in [-0.2, 0) is 9.53 Å². The van der Waals surface area contributed by atoms with Crippen LogP contribution >= 0.6 is 15.9 Å². The van der Waals surface area contributed by atoms with Crippen LogP contribution in [0.5, 0.6) is 0 Å². The number of benzene rings is 1. The zero-order valence-corrected chi connectivity index (χ0v) is 16.3. The maximum atomic E-state index is 13.0. The highest BCUT2D eigenvalue weighted by atomic mass is 79.9. The standard InChI is InChI=1S/C20H27BrN2O2/c21-19-6-2-1-5-16(19)17-12-18(17)20(24)23-7-3-4-15(14-23)13-22-8-10-25-11-9-22/h1-2,5-6,15,17-18H,3-4,7-14H2. The number of piperidine rings is 1. The summed E-state index contributed by atoms with van der Waals surface area (Å²) in [5.74, 6) is 1.60. The van der Waals surface area contributed by atoms with Crippen LogP contribution < -0.4 is 0 Å². The highest BCUT2D eigenvalue weighted by Crippen LogP contribution is 2.50. The highest BCUT2D eigenvalue weighted by Gasteiger charge is 2.47. The van der Waals surface area contributed by atoms with E-state index < -0.39 is 0 Å². The van der Waals surface area contributed by atoms with E-state index in [1.807, 2.05) is 6.07 Å². The van der Waals surface area contributed by atoms with Gasteiger partial charge in [-0.2, -0.15) is 0 Å². The van der Waals surface area contributed by atoms with E-state index in [9.17, 15) is 4.79 Å². The number of hydrogen-bond donors (Lipinski definition) is 0. The highest BCUT2D eigenvalue weighted by molar-refractivity contribution is 9.10. The van der Waals surface area contributed by atoms with Crippen molar-refractivity contribution in [1.82, 2.24) is 9.80 Å². The Morgan fingerprint density at radius 2 is 2.00 bits per heavy atom. The van der Waals surface area contributed by atoms with Crippen molar-refractivity contribution < 1.29 is 9.53 Å². The number of halogens is 1. The summed E-state index contributed by atoms with van der Waals surface area (Å²) in [4.78, 5) is 17.6. The van der Waals surface area contributed by atoms with E-state index >= 15 is 0 Å². The predicted molar refractivity (Wildman–Crippen MR) is 102 cm³/mol. The van der Waals surface area contributed by atoms with Crippen LogP contribution in [0.1, 0.15) is 30.7 Å². The minimum absolute atomic E-state index is 0.195. The van der Waals surface area contributed by atoms with E-state index in [1.165, 1.54) is 12.0 Å². The molecule has 1 aromatic rings. The van der Waals surface area contributed by atoms with E-state index in [2.05, 4.69) is 43.9 Å². The molecule has 2 aliphatic heterocycles. The molecule has 3 atom stereocenters. The molecule has 0 N–H and O–H groups in total. The van der Waals surface area contributed by atoms with Crippen molar-refractivity contribution in [3.8, 4) is 0 Å². The van der Waals surface area contributed by atoms with Gasteiger partial charge in [0.2, 0.25) is 5.91 Å². The van der Waals surface area contributed by atoms with Crippen molar-refractivity contribution in [2.24, 2.45) is 11.8 Å². The first-order chi connectivity index (χ1) is 12.2. The van der Waals surface area contributed by atoms with E-state index in [4.69, 9.17) is 4.74 Å². The zero-order valence-electron chi connectivity index (χ0n) is 14.7. The third-order valence-corrected chi connectivity index (χ3v) is 6.59. The minimum Gasteiger partial charge on any atom is -0.379 e. The smallest absolute Gasteiger partial charge is 0.226 e. The molecule has 1 aromatic carbocycles. The molecule has 25 heavy (non-hydrogen) atoms. The van der Waals surface area contributed by atoms with E-state index in [-0.39, 0.29) is 5.92 Å². The van der Waals surface area contributed by atoms with Crippen molar-refractivity contribution in [2.75, 3.05) is 45.9 Å². The average Bonchev–Trinajstić information content (AvgIpc) is 3.43. The monoisotopic (exact) mass is 406 g/mol. The number of rotatable bonds is 4. The van der Waals surface area contributed by atoms with Crippen molar-refractivity contribution in [2.45, 2.75) is 25.2 Å². The van der Waals surface area contributed by atoms with Gasteiger partial charge in [-0.05, 0) is 42.7 Å². The number of carbonyl (C=O) groups excluding carboxylic acids is 1. The number of carbonyl (C=O) groups is 1. The first kappa shape index (κ1) is 17.5. The minimum atomic E-state index is 0.195. The van der Waals surface area contributed by atoms with Gasteiger partial charge in [0, 0.05) is 43.1 Å². The normalized spacial score (nSPS) is 30.3. The average molecular weight is 407 g/mol. The third kappa shape index (κ3) is 4.09. The number of ether oxygens (including phenoxy) is 1. The summed E-state index contributed by atoms with van der Waals surface area (Å²) in [5.41, 5.74) is 1.29. The molecule has 3 fully saturated rings. The summed E-state index contributed by atoms with van der Waals surface area (Å²) >= 11 is 3.63. The summed E-state index contributed by atoms with van der Waals surface area (Å²) in [6, 6.07) is 8.33. The van der Waals surface area contributed by atoms with Gasteiger partial charge < -0.3 is 9.64 Å². The maximum absolute atomic E-state index is 13.0. The Morgan fingerprint density at radius 1 is 1.20 bits per heavy atom. The fourth-order valence-corrected chi connectivity index (χ4v) is 4.96. The van der Waals surface area contributed by atoms with Gasteiger partial charge >= 0.3 is 0 Å². The zero-order chi connectivity index (χ0) is 17.2. The number of hydrogen-bond acceptors (Lipinski definition) is 3.